The number of fused-ring (bicyclic) bond motifs is 8. The van der Waals surface area contributed by atoms with Gasteiger partial charge in [-0.15, -0.1) is 0 Å². The summed E-state index contributed by atoms with van der Waals surface area (Å²) < 4.78 is 0. The number of benzene rings is 9. The van der Waals surface area contributed by atoms with Crippen molar-refractivity contribution >= 4 is 21.5 Å². The first-order valence-corrected chi connectivity index (χ1v) is 19.9. The molecule has 274 valence electrons. The molecule has 0 saturated carbocycles. The van der Waals surface area contributed by atoms with Crippen LogP contribution in [0.3, 0.4) is 0 Å². The molecule has 0 bridgehead atoms. The molecule has 11 rings (SSSR count). The molecule has 0 radical (unpaired) electrons. The molecule has 2 aliphatic carbocycles. The molecule has 0 heterocycles. The van der Waals surface area contributed by atoms with Gasteiger partial charge in [0.05, 0.1) is 0 Å². The molecule has 0 aliphatic heterocycles. The van der Waals surface area contributed by atoms with Crippen LogP contribution in [0.1, 0.15) is 57.4 Å². The second kappa shape index (κ2) is 12.8. The highest BCUT2D eigenvalue weighted by Gasteiger charge is 2.36. The molecule has 9 aromatic rings. The maximum atomic E-state index is 2.49. The topological polar surface area (TPSA) is 0 Å². The van der Waals surface area contributed by atoms with E-state index in [1.54, 1.807) is 0 Å². The Bertz CT molecular complexity index is 3050. The Balaban J connectivity index is 0.00000396. The van der Waals surface area contributed by atoms with Gasteiger partial charge in [-0.25, -0.2) is 0 Å². The summed E-state index contributed by atoms with van der Waals surface area (Å²) >= 11 is 0. The number of rotatable bonds is 4. The van der Waals surface area contributed by atoms with Crippen molar-refractivity contribution in [2.45, 2.75) is 46.0 Å². The van der Waals surface area contributed by atoms with Crippen LogP contribution >= 0.6 is 0 Å². The van der Waals surface area contributed by atoms with Gasteiger partial charge in [-0.2, -0.15) is 0 Å². The summed E-state index contributed by atoms with van der Waals surface area (Å²) in [6.07, 6.45) is 0. The summed E-state index contributed by atoms with van der Waals surface area (Å²) in [7, 11) is 0. The van der Waals surface area contributed by atoms with Crippen LogP contribution < -0.4 is 0 Å². The van der Waals surface area contributed by atoms with E-state index >= 15 is 0 Å². The highest BCUT2D eigenvalue weighted by atomic mass is 14.4. The van der Waals surface area contributed by atoms with Crippen molar-refractivity contribution in [2.24, 2.45) is 0 Å². The lowest BCUT2D eigenvalue weighted by atomic mass is 9.80. The SMILES string of the molecule is C.CC1(C)c2ccccc2-c2ccc(-c3ccc4c(-c5ccc(-c6ccccc6)cc5)c5ccccc5c(-c5ccc6c(c5)C(C)(C)c5ccccc5-6)c4c3)cc21. The minimum atomic E-state index is -0.0893. The van der Waals surface area contributed by atoms with Gasteiger partial charge in [-0.1, -0.05) is 199 Å². The zero-order chi connectivity index (χ0) is 37.8. The Kier molecular flexibility index (Phi) is 7.83. The molecular weight excluding hydrogens is 685 g/mol. The molecule has 57 heavy (non-hydrogen) atoms. The van der Waals surface area contributed by atoms with Crippen molar-refractivity contribution < 1.29 is 0 Å². The van der Waals surface area contributed by atoms with Crippen LogP contribution in [0.4, 0.5) is 0 Å². The summed E-state index contributed by atoms with van der Waals surface area (Å²) in [5, 5.41) is 5.10. The zero-order valence-electron chi connectivity index (χ0n) is 32.3. The summed E-state index contributed by atoms with van der Waals surface area (Å²) in [6.45, 7) is 9.50. The average Bonchev–Trinajstić information content (AvgIpc) is 3.62. The summed E-state index contributed by atoms with van der Waals surface area (Å²) in [5.41, 5.74) is 20.9. The first-order chi connectivity index (χ1) is 27.3. The Labute approximate surface area is 337 Å². The molecule has 0 atom stereocenters. The second-order valence-electron chi connectivity index (χ2n) is 16.9. The minimum Gasteiger partial charge on any atom is -0.0776 e. The predicted molar refractivity (Wildman–Crippen MR) is 245 cm³/mol. The van der Waals surface area contributed by atoms with Crippen LogP contribution in [0, 0.1) is 0 Å². The van der Waals surface area contributed by atoms with E-state index in [1.807, 2.05) is 0 Å². The van der Waals surface area contributed by atoms with Crippen LogP contribution in [0.15, 0.2) is 182 Å². The lowest BCUT2D eigenvalue weighted by molar-refractivity contribution is 0.660. The van der Waals surface area contributed by atoms with E-state index < -0.39 is 0 Å². The first-order valence-electron chi connectivity index (χ1n) is 19.9. The summed E-state index contributed by atoms with van der Waals surface area (Å²) in [6, 6.07) is 68.3. The molecule has 0 aromatic heterocycles. The van der Waals surface area contributed by atoms with Crippen LogP contribution in [-0.2, 0) is 10.8 Å². The third-order valence-corrected chi connectivity index (χ3v) is 13.1. The van der Waals surface area contributed by atoms with Gasteiger partial charge < -0.3 is 0 Å². The standard InChI is InChI=1S/C56H42.CH4/c1-55(2)49-20-12-10-16-41(49)43-29-26-39(33-51(43)55)38-27-31-47-48(32-38)54(40-28-30-44-42-17-11-13-21-50(42)56(3,4)52(44)34-40)46-19-9-8-18-45(46)53(47)37-24-22-36(23-25-37)35-14-6-5-7-15-35;/h5-34H,1-4H3;1H4. The van der Waals surface area contributed by atoms with E-state index in [2.05, 4.69) is 210 Å². The van der Waals surface area contributed by atoms with E-state index in [0.29, 0.717) is 0 Å². The van der Waals surface area contributed by atoms with Crippen molar-refractivity contribution in [3.05, 3.63) is 204 Å². The van der Waals surface area contributed by atoms with Crippen LogP contribution in [0.2, 0.25) is 0 Å². The van der Waals surface area contributed by atoms with Crippen LogP contribution in [-0.4, -0.2) is 0 Å². The van der Waals surface area contributed by atoms with Gasteiger partial charge >= 0.3 is 0 Å². The van der Waals surface area contributed by atoms with Crippen molar-refractivity contribution in [1.82, 2.24) is 0 Å². The molecule has 0 amide bonds. The monoisotopic (exact) mass is 730 g/mol. The largest absolute Gasteiger partial charge is 0.0776 e. The second-order valence-corrected chi connectivity index (χ2v) is 16.9. The highest BCUT2D eigenvalue weighted by molar-refractivity contribution is 6.22. The van der Waals surface area contributed by atoms with Gasteiger partial charge in [-0.05, 0) is 129 Å². The first kappa shape index (κ1) is 35.0. The molecule has 0 heteroatoms. The van der Waals surface area contributed by atoms with E-state index in [1.165, 1.54) is 111 Å². The van der Waals surface area contributed by atoms with E-state index in [0.717, 1.165) is 0 Å². The van der Waals surface area contributed by atoms with Crippen molar-refractivity contribution in [3.8, 4) is 66.8 Å². The van der Waals surface area contributed by atoms with Crippen LogP contribution in [0.5, 0.6) is 0 Å². The van der Waals surface area contributed by atoms with Crippen molar-refractivity contribution in [2.75, 3.05) is 0 Å². The third kappa shape index (κ3) is 5.13. The fourth-order valence-electron chi connectivity index (χ4n) is 10.2. The Morgan fingerprint density at radius 3 is 1.26 bits per heavy atom. The molecular formula is C57H46. The quantitative estimate of drug-likeness (QED) is 0.158. The smallest absolute Gasteiger partial charge is 0.0159 e. The predicted octanol–water partition coefficient (Wildman–Crippen LogP) is 15.9. The van der Waals surface area contributed by atoms with E-state index in [9.17, 15) is 0 Å². The minimum absolute atomic E-state index is 0. The number of hydrogen-bond donors (Lipinski definition) is 0. The number of hydrogen-bond acceptors (Lipinski definition) is 0. The van der Waals surface area contributed by atoms with Gasteiger partial charge in [0.1, 0.15) is 0 Å². The fourth-order valence-corrected chi connectivity index (χ4v) is 10.2. The fraction of sp³-hybridized carbons (Fsp3) is 0.123. The molecule has 0 fully saturated rings. The molecule has 0 unspecified atom stereocenters. The van der Waals surface area contributed by atoms with Gasteiger partial charge in [0.2, 0.25) is 0 Å². The molecule has 0 saturated heterocycles. The van der Waals surface area contributed by atoms with E-state index in [-0.39, 0.29) is 18.3 Å². The zero-order valence-corrected chi connectivity index (χ0v) is 32.3. The van der Waals surface area contributed by atoms with Gasteiger partial charge in [0.25, 0.3) is 0 Å². The van der Waals surface area contributed by atoms with E-state index in [4.69, 9.17) is 0 Å². The van der Waals surface area contributed by atoms with Crippen molar-refractivity contribution in [1.29, 1.82) is 0 Å². The summed E-state index contributed by atoms with van der Waals surface area (Å²) in [4.78, 5) is 0. The Morgan fingerprint density at radius 2 is 0.649 bits per heavy atom. The summed E-state index contributed by atoms with van der Waals surface area (Å²) in [5.74, 6) is 0. The van der Waals surface area contributed by atoms with Crippen molar-refractivity contribution in [3.63, 3.8) is 0 Å². The van der Waals surface area contributed by atoms with Gasteiger partial charge in [-0.3, -0.25) is 0 Å². The van der Waals surface area contributed by atoms with Gasteiger partial charge in [0, 0.05) is 10.8 Å². The lowest BCUT2D eigenvalue weighted by Gasteiger charge is -2.23. The molecule has 0 spiro atoms. The Hall–Kier alpha value is -6.50. The molecule has 0 N–H and O–H groups in total. The highest BCUT2D eigenvalue weighted by Crippen LogP contribution is 2.53. The maximum Gasteiger partial charge on any atom is 0.0159 e. The van der Waals surface area contributed by atoms with Crippen LogP contribution in [0.25, 0.3) is 88.3 Å². The molecule has 2 aliphatic rings. The lowest BCUT2D eigenvalue weighted by Crippen LogP contribution is -2.14. The Morgan fingerprint density at radius 1 is 0.263 bits per heavy atom. The molecule has 0 nitrogen and oxygen atoms in total. The average molecular weight is 731 g/mol. The third-order valence-electron chi connectivity index (χ3n) is 13.1. The molecule has 9 aromatic carbocycles. The normalized spacial score (nSPS) is 14.1. The maximum absolute atomic E-state index is 2.49. The van der Waals surface area contributed by atoms with Gasteiger partial charge in [0.15, 0.2) is 0 Å².